The Morgan fingerprint density at radius 2 is 2.07 bits per heavy atom. The molecule has 0 bridgehead atoms. The van der Waals surface area contributed by atoms with E-state index in [1.54, 1.807) is 0 Å². The first-order valence-corrected chi connectivity index (χ1v) is 4.89. The third-order valence-corrected chi connectivity index (χ3v) is 1.81. The summed E-state index contributed by atoms with van der Waals surface area (Å²) in [7, 11) is 3.98. The van der Waals surface area contributed by atoms with Crippen molar-refractivity contribution < 1.29 is 0 Å². The topological polar surface area (TPSA) is 55.0 Å². The van der Waals surface area contributed by atoms with Crippen LogP contribution in [0.4, 0.5) is 5.82 Å². The van der Waals surface area contributed by atoms with Gasteiger partial charge in [0.25, 0.3) is 0 Å². The standard InChI is InChI=1S/C10H18N4/c1-4-5-8-6-9(11)13-10(12-8)7-14(2)3/h6H,4-5,7H2,1-3H3,(H2,11,12,13). The molecule has 0 saturated heterocycles. The van der Waals surface area contributed by atoms with E-state index >= 15 is 0 Å². The van der Waals surface area contributed by atoms with Crippen LogP contribution in [-0.2, 0) is 13.0 Å². The summed E-state index contributed by atoms with van der Waals surface area (Å²) in [6.07, 6.45) is 2.05. The second-order valence-electron chi connectivity index (χ2n) is 3.69. The summed E-state index contributed by atoms with van der Waals surface area (Å²) in [4.78, 5) is 10.6. The lowest BCUT2D eigenvalue weighted by atomic mass is 10.2. The molecule has 0 aromatic carbocycles. The minimum atomic E-state index is 0.570. The van der Waals surface area contributed by atoms with Crippen molar-refractivity contribution in [3.05, 3.63) is 17.6 Å². The number of rotatable bonds is 4. The lowest BCUT2D eigenvalue weighted by Gasteiger charge is -2.09. The van der Waals surface area contributed by atoms with Crippen LogP contribution in [0.15, 0.2) is 6.07 Å². The van der Waals surface area contributed by atoms with Gasteiger partial charge in [0.15, 0.2) is 0 Å². The van der Waals surface area contributed by atoms with Gasteiger partial charge in [-0.15, -0.1) is 0 Å². The van der Waals surface area contributed by atoms with Crippen molar-refractivity contribution in [3.63, 3.8) is 0 Å². The van der Waals surface area contributed by atoms with Crippen molar-refractivity contribution in [1.82, 2.24) is 14.9 Å². The van der Waals surface area contributed by atoms with Gasteiger partial charge < -0.3 is 10.6 Å². The largest absolute Gasteiger partial charge is 0.384 e. The molecule has 1 aromatic rings. The van der Waals surface area contributed by atoms with Gasteiger partial charge in [-0.05, 0) is 20.5 Å². The number of aromatic nitrogens is 2. The van der Waals surface area contributed by atoms with E-state index in [2.05, 4.69) is 16.9 Å². The number of nitrogens with two attached hydrogens (primary N) is 1. The Morgan fingerprint density at radius 1 is 1.36 bits per heavy atom. The van der Waals surface area contributed by atoms with Gasteiger partial charge in [-0.1, -0.05) is 13.3 Å². The van der Waals surface area contributed by atoms with Crippen LogP contribution in [0.5, 0.6) is 0 Å². The van der Waals surface area contributed by atoms with Crippen LogP contribution in [0, 0.1) is 0 Å². The fourth-order valence-electron chi connectivity index (χ4n) is 1.31. The summed E-state index contributed by atoms with van der Waals surface area (Å²) in [5, 5.41) is 0. The fourth-order valence-corrected chi connectivity index (χ4v) is 1.31. The molecule has 1 rings (SSSR count). The summed E-state index contributed by atoms with van der Waals surface area (Å²) in [6.45, 7) is 2.87. The first-order valence-electron chi connectivity index (χ1n) is 4.89. The normalized spacial score (nSPS) is 10.9. The quantitative estimate of drug-likeness (QED) is 0.779. The molecule has 14 heavy (non-hydrogen) atoms. The molecule has 4 nitrogen and oxygen atoms in total. The van der Waals surface area contributed by atoms with Crippen LogP contribution >= 0.6 is 0 Å². The SMILES string of the molecule is CCCc1cc(N)nc(CN(C)C)n1. The monoisotopic (exact) mass is 194 g/mol. The second-order valence-corrected chi connectivity index (χ2v) is 3.69. The number of aryl methyl sites for hydroxylation is 1. The molecule has 0 amide bonds. The first kappa shape index (κ1) is 10.9. The average molecular weight is 194 g/mol. The molecule has 0 atom stereocenters. The van der Waals surface area contributed by atoms with Gasteiger partial charge >= 0.3 is 0 Å². The number of hydrogen-bond acceptors (Lipinski definition) is 4. The maximum absolute atomic E-state index is 5.70. The molecule has 0 aliphatic rings. The molecule has 0 saturated carbocycles. The molecule has 2 N–H and O–H groups in total. The highest BCUT2D eigenvalue weighted by atomic mass is 15.1. The van der Waals surface area contributed by atoms with Crippen molar-refractivity contribution in [1.29, 1.82) is 0 Å². The summed E-state index contributed by atoms with van der Waals surface area (Å²) in [6, 6.07) is 1.85. The number of hydrogen-bond donors (Lipinski definition) is 1. The molecule has 0 spiro atoms. The Hall–Kier alpha value is -1.16. The van der Waals surface area contributed by atoms with Gasteiger partial charge in [0.1, 0.15) is 11.6 Å². The predicted octanol–water partition coefficient (Wildman–Crippen LogP) is 1.07. The molecule has 1 heterocycles. The fraction of sp³-hybridized carbons (Fsp3) is 0.600. The maximum Gasteiger partial charge on any atom is 0.144 e. The number of nitrogen functional groups attached to an aromatic ring is 1. The van der Waals surface area contributed by atoms with E-state index in [9.17, 15) is 0 Å². The summed E-state index contributed by atoms with van der Waals surface area (Å²) in [5.74, 6) is 1.37. The molecule has 0 unspecified atom stereocenters. The molecular formula is C10H18N4. The zero-order chi connectivity index (χ0) is 10.6. The molecular weight excluding hydrogens is 176 g/mol. The van der Waals surface area contributed by atoms with Gasteiger partial charge in [0.2, 0.25) is 0 Å². The molecule has 4 heteroatoms. The van der Waals surface area contributed by atoms with Crippen molar-refractivity contribution in [3.8, 4) is 0 Å². The van der Waals surface area contributed by atoms with Crippen LogP contribution in [0.25, 0.3) is 0 Å². The van der Waals surface area contributed by atoms with Crippen molar-refractivity contribution in [2.24, 2.45) is 0 Å². The molecule has 0 aliphatic heterocycles. The molecule has 78 valence electrons. The highest BCUT2D eigenvalue weighted by molar-refractivity contribution is 5.29. The van der Waals surface area contributed by atoms with E-state index < -0.39 is 0 Å². The lowest BCUT2D eigenvalue weighted by Crippen LogP contribution is -2.15. The molecule has 1 aromatic heterocycles. The summed E-state index contributed by atoms with van der Waals surface area (Å²) < 4.78 is 0. The second kappa shape index (κ2) is 4.91. The van der Waals surface area contributed by atoms with Gasteiger partial charge in [-0.25, -0.2) is 9.97 Å². The van der Waals surface area contributed by atoms with Crippen LogP contribution in [0.2, 0.25) is 0 Å². The third-order valence-electron chi connectivity index (χ3n) is 1.81. The maximum atomic E-state index is 5.70. The lowest BCUT2D eigenvalue weighted by molar-refractivity contribution is 0.390. The summed E-state index contributed by atoms with van der Waals surface area (Å²) in [5.41, 5.74) is 6.73. The Bertz CT molecular complexity index is 296. The minimum Gasteiger partial charge on any atom is -0.384 e. The zero-order valence-corrected chi connectivity index (χ0v) is 9.12. The highest BCUT2D eigenvalue weighted by Gasteiger charge is 2.03. The van der Waals surface area contributed by atoms with Crippen LogP contribution < -0.4 is 5.73 Å². The van der Waals surface area contributed by atoms with Gasteiger partial charge in [0, 0.05) is 11.8 Å². The van der Waals surface area contributed by atoms with Gasteiger partial charge in [-0.2, -0.15) is 0 Å². The number of nitrogens with zero attached hydrogens (tertiary/aromatic N) is 3. The van der Waals surface area contributed by atoms with Crippen molar-refractivity contribution in [2.45, 2.75) is 26.3 Å². The molecule has 0 fully saturated rings. The number of anilines is 1. The highest BCUT2D eigenvalue weighted by Crippen LogP contribution is 2.06. The third kappa shape index (κ3) is 3.30. The average Bonchev–Trinajstić information content (AvgIpc) is 2.01. The Kier molecular flexibility index (Phi) is 3.83. The minimum absolute atomic E-state index is 0.570. The Balaban J connectivity index is 2.83. The van der Waals surface area contributed by atoms with Gasteiger partial charge in [-0.3, -0.25) is 0 Å². The molecule has 0 radical (unpaired) electrons. The van der Waals surface area contributed by atoms with E-state index in [4.69, 9.17) is 5.73 Å². The first-order chi connectivity index (χ1) is 6.61. The Morgan fingerprint density at radius 3 is 2.64 bits per heavy atom. The van der Waals surface area contributed by atoms with E-state index in [-0.39, 0.29) is 0 Å². The van der Waals surface area contributed by atoms with Crippen molar-refractivity contribution in [2.75, 3.05) is 19.8 Å². The van der Waals surface area contributed by atoms with E-state index in [0.717, 1.165) is 30.9 Å². The van der Waals surface area contributed by atoms with E-state index in [0.29, 0.717) is 5.82 Å². The summed E-state index contributed by atoms with van der Waals surface area (Å²) >= 11 is 0. The van der Waals surface area contributed by atoms with Crippen LogP contribution in [-0.4, -0.2) is 29.0 Å². The van der Waals surface area contributed by atoms with Crippen LogP contribution in [0.1, 0.15) is 24.9 Å². The smallest absolute Gasteiger partial charge is 0.144 e. The predicted molar refractivity (Wildman–Crippen MR) is 57.8 cm³/mol. The van der Waals surface area contributed by atoms with Crippen LogP contribution in [0.3, 0.4) is 0 Å². The zero-order valence-electron chi connectivity index (χ0n) is 9.12. The van der Waals surface area contributed by atoms with E-state index in [1.807, 2.05) is 25.1 Å². The van der Waals surface area contributed by atoms with E-state index in [1.165, 1.54) is 0 Å². The molecule has 0 aliphatic carbocycles. The van der Waals surface area contributed by atoms with Crippen molar-refractivity contribution >= 4 is 5.82 Å². The van der Waals surface area contributed by atoms with Gasteiger partial charge in [0.05, 0.1) is 6.54 Å². The Labute approximate surface area is 85.2 Å².